The van der Waals surface area contributed by atoms with Crippen LogP contribution in [0.4, 0.5) is 0 Å². The first-order valence-electron chi connectivity index (χ1n) is 7.99. The lowest BCUT2D eigenvalue weighted by Crippen LogP contribution is -2.44. The summed E-state index contributed by atoms with van der Waals surface area (Å²) in [4.78, 5) is 19.3. The first kappa shape index (κ1) is 12.8. The maximum atomic E-state index is 13.1. The summed E-state index contributed by atoms with van der Waals surface area (Å²) in [5.41, 5.74) is 3.83. The maximum Gasteiger partial charge on any atom is 0.273 e. The van der Waals surface area contributed by atoms with E-state index in [4.69, 9.17) is 0 Å². The molecule has 2 aliphatic heterocycles. The van der Waals surface area contributed by atoms with Crippen molar-refractivity contribution >= 4 is 16.9 Å². The smallest absolute Gasteiger partial charge is 0.273 e. The highest BCUT2D eigenvalue weighted by Gasteiger charge is 2.41. The molecule has 0 saturated heterocycles. The average Bonchev–Trinajstić information content (AvgIpc) is 2.81. The molecule has 3 aliphatic rings. The number of fused-ring (bicyclic) bond motifs is 2. The van der Waals surface area contributed by atoms with Crippen molar-refractivity contribution in [3.8, 4) is 0 Å². The molecule has 2 aromatic heterocycles. The van der Waals surface area contributed by atoms with Crippen molar-refractivity contribution in [2.75, 3.05) is 0 Å². The molecule has 0 radical (unpaired) electrons. The van der Waals surface area contributed by atoms with E-state index in [1.807, 2.05) is 17.0 Å². The molecule has 23 heavy (non-hydrogen) atoms. The fourth-order valence-corrected chi connectivity index (χ4v) is 3.88. The van der Waals surface area contributed by atoms with Crippen LogP contribution >= 0.6 is 0 Å². The van der Waals surface area contributed by atoms with E-state index in [0.717, 1.165) is 18.2 Å². The third-order valence-electron chi connectivity index (χ3n) is 5.19. The van der Waals surface area contributed by atoms with Crippen LogP contribution in [0.5, 0.6) is 0 Å². The van der Waals surface area contributed by atoms with Crippen molar-refractivity contribution in [3.63, 3.8) is 0 Å². The lowest BCUT2D eigenvalue weighted by molar-refractivity contribution is 0.0548. The molecule has 1 aliphatic carbocycles. The molecule has 3 aromatic rings. The quantitative estimate of drug-likeness (QED) is 0.752. The standard InChI is InChI=1S/C18H16N4O/c23-18(16-15-6-3-7-19-17(15)21-20-16)22-10-11-4-1-2-5-14(11)12-8-13(22)9-12/h1-7,12-13H,8-10H2,(H,19,20,21). The number of nitrogens with zero attached hydrogens (tertiary/aromatic N) is 3. The Balaban J connectivity index is 1.56. The van der Waals surface area contributed by atoms with Crippen LogP contribution in [0.25, 0.3) is 11.0 Å². The SMILES string of the molecule is O=C(c1[nH]nc2ncccc12)N1Cc2ccccc2C2CC1C2. The van der Waals surface area contributed by atoms with Gasteiger partial charge in [-0.15, -0.1) is 0 Å². The van der Waals surface area contributed by atoms with Gasteiger partial charge in [0.25, 0.3) is 5.91 Å². The van der Waals surface area contributed by atoms with Crippen LogP contribution in [0.3, 0.4) is 0 Å². The van der Waals surface area contributed by atoms with Gasteiger partial charge >= 0.3 is 0 Å². The Kier molecular flexibility index (Phi) is 2.59. The second kappa shape index (κ2) is 4.65. The third kappa shape index (κ3) is 1.82. The van der Waals surface area contributed by atoms with Gasteiger partial charge in [-0.2, -0.15) is 5.10 Å². The number of aromatic amines is 1. The summed E-state index contributed by atoms with van der Waals surface area (Å²) < 4.78 is 0. The number of carbonyl (C=O) groups is 1. The van der Waals surface area contributed by atoms with Gasteiger partial charge in [-0.25, -0.2) is 4.98 Å². The number of aromatic nitrogens is 3. The fourth-order valence-electron chi connectivity index (χ4n) is 3.88. The molecule has 1 N–H and O–H groups in total. The van der Waals surface area contributed by atoms with E-state index in [9.17, 15) is 4.79 Å². The molecule has 0 unspecified atom stereocenters. The van der Waals surface area contributed by atoms with E-state index in [2.05, 4.69) is 39.4 Å². The number of hydrogen-bond acceptors (Lipinski definition) is 3. The summed E-state index contributed by atoms with van der Waals surface area (Å²) in [5.74, 6) is 0.634. The van der Waals surface area contributed by atoms with Gasteiger partial charge < -0.3 is 4.90 Å². The van der Waals surface area contributed by atoms with Crippen LogP contribution in [0, 0.1) is 0 Å². The summed E-state index contributed by atoms with van der Waals surface area (Å²) >= 11 is 0. The molecule has 0 spiro atoms. The molecule has 1 aromatic carbocycles. The zero-order valence-corrected chi connectivity index (χ0v) is 12.6. The minimum Gasteiger partial charge on any atom is -0.330 e. The number of rotatable bonds is 1. The number of benzene rings is 1. The van der Waals surface area contributed by atoms with Gasteiger partial charge in [0.15, 0.2) is 5.65 Å². The highest BCUT2D eigenvalue weighted by Crippen LogP contribution is 2.45. The van der Waals surface area contributed by atoms with Gasteiger partial charge in [0.2, 0.25) is 0 Å². The highest BCUT2D eigenvalue weighted by molar-refractivity contribution is 6.04. The van der Waals surface area contributed by atoms with Crippen LogP contribution < -0.4 is 0 Å². The molecule has 0 atom stereocenters. The van der Waals surface area contributed by atoms with E-state index in [-0.39, 0.29) is 5.91 Å². The fraction of sp³-hybridized carbons (Fsp3) is 0.278. The van der Waals surface area contributed by atoms with E-state index in [1.54, 1.807) is 6.20 Å². The minimum atomic E-state index is 0.0284. The lowest BCUT2D eigenvalue weighted by Gasteiger charge is -2.39. The Hall–Kier alpha value is -2.69. The zero-order chi connectivity index (χ0) is 15.4. The van der Waals surface area contributed by atoms with Crippen molar-refractivity contribution in [1.29, 1.82) is 0 Å². The van der Waals surface area contributed by atoms with Crippen LogP contribution in [0.15, 0.2) is 42.6 Å². The average molecular weight is 304 g/mol. The first-order chi connectivity index (χ1) is 11.3. The van der Waals surface area contributed by atoms with Crippen molar-refractivity contribution in [2.24, 2.45) is 0 Å². The van der Waals surface area contributed by atoms with Gasteiger partial charge in [-0.05, 0) is 42.0 Å². The molecule has 6 rings (SSSR count). The minimum absolute atomic E-state index is 0.0284. The molecule has 1 fully saturated rings. The van der Waals surface area contributed by atoms with E-state index in [1.165, 1.54) is 11.1 Å². The summed E-state index contributed by atoms with van der Waals surface area (Å²) in [5, 5.41) is 7.84. The monoisotopic (exact) mass is 304 g/mol. The molecule has 1 amide bonds. The van der Waals surface area contributed by atoms with Crippen molar-refractivity contribution in [3.05, 3.63) is 59.4 Å². The second-order valence-corrected chi connectivity index (χ2v) is 6.43. The number of pyridine rings is 1. The Bertz CT molecular complexity index is 910. The van der Waals surface area contributed by atoms with Crippen molar-refractivity contribution < 1.29 is 4.79 Å². The molecule has 2 bridgehead atoms. The lowest BCUT2D eigenvalue weighted by atomic mass is 9.76. The molecule has 4 heterocycles. The summed E-state index contributed by atoms with van der Waals surface area (Å²) in [7, 11) is 0. The van der Waals surface area contributed by atoms with E-state index < -0.39 is 0 Å². The summed E-state index contributed by atoms with van der Waals surface area (Å²) in [6, 6.07) is 12.6. The van der Waals surface area contributed by atoms with Crippen LogP contribution in [-0.2, 0) is 6.54 Å². The Morgan fingerprint density at radius 1 is 1.17 bits per heavy atom. The highest BCUT2D eigenvalue weighted by atomic mass is 16.2. The molecular formula is C18H16N4O. The Morgan fingerprint density at radius 2 is 2.04 bits per heavy atom. The number of hydrogen-bond donors (Lipinski definition) is 1. The van der Waals surface area contributed by atoms with Crippen LogP contribution in [0.2, 0.25) is 0 Å². The topological polar surface area (TPSA) is 61.9 Å². The number of amides is 1. The molecular weight excluding hydrogens is 288 g/mol. The zero-order valence-electron chi connectivity index (χ0n) is 12.6. The molecule has 5 heteroatoms. The maximum absolute atomic E-state index is 13.1. The predicted molar refractivity (Wildman–Crippen MR) is 86.0 cm³/mol. The van der Waals surface area contributed by atoms with Gasteiger partial charge in [0.05, 0.1) is 5.39 Å². The normalized spacial score (nSPS) is 22.3. The summed E-state index contributed by atoms with van der Waals surface area (Å²) in [6.07, 6.45) is 3.82. The second-order valence-electron chi connectivity index (χ2n) is 6.43. The largest absolute Gasteiger partial charge is 0.330 e. The third-order valence-corrected chi connectivity index (χ3v) is 5.19. The van der Waals surface area contributed by atoms with Crippen LogP contribution in [-0.4, -0.2) is 32.0 Å². The molecule has 1 saturated carbocycles. The predicted octanol–water partition coefficient (Wildman–Crippen LogP) is 2.86. The van der Waals surface area contributed by atoms with Crippen molar-refractivity contribution in [1.82, 2.24) is 20.1 Å². The Labute approximate surface area is 133 Å². The summed E-state index contributed by atoms with van der Waals surface area (Å²) in [6.45, 7) is 0.678. The molecule has 5 nitrogen and oxygen atoms in total. The number of carbonyl (C=O) groups excluding carboxylic acids is 1. The molecule has 114 valence electrons. The number of H-pyrrole nitrogens is 1. The van der Waals surface area contributed by atoms with Gasteiger partial charge in [-0.3, -0.25) is 9.89 Å². The van der Waals surface area contributed by atoms with Crippen molar-refractivity contribution in [2.45, 2.75) is 31.3 Å². The van der Waals surface area contributed by atoms with Gasteiger partial charge in [0.1, 0.15) is 5.69 Å². The van der Waals surface area contributed by atoms with Crippen LogP contribution in [0.1, 0.15) is 40.4 Å². The first-order valence-corrected chi connectivity index (χ1v) is 7.99. The Morgan fingerprint density at radius 3 is 2.96 bits per heavy atom. The van der Waals surface area contributed by atoms with Gasteiger partial charge in [0, 0.05) is 18.8 Å². The van der Waals surface area contributed by atoms with Gasteiger partial charge in [-0.1, -0.05) is 24.3 Å². The number of nitrogens with one attached hydrogen (secondary N) is 1. The van der Waals surface area contributed by atoms with E-state index >= 15 is 0 Å². The van der Waals surface area contributed by atoms with E-state index in [0.29, 0.717) is 29.8 Å².